The van der Waals surface area contributed by atoms with Crippen LogP contribution >= 0.6 is 0 Å². The van der Waals surface area contributed by atoms with Gasteiger partial charge in [0.25, 0.3) is 0 Å². The van der Waals surface area contributed by atoms with Gasteiger partial charge in [0.1, 0.15) is 0 Å². The smallest absolute Gasteiger partial charge is 2.00 e. The molecule has 0 aromatic rings. The number of rotatable bonds is 0. The topological polar surface area (TPSA) is 256 Å². The molecule has 0 aromatic heterocycles. The van der Waals surface area contributed by atoms with Gasteiger partial charge in [-0.05, 0) is 0 Å². The Kier molecular flexibility index (Phi) is 30700. The zero-order chi connectivity index (χ0) is 0. The molecule has 0 heterocycles. The van der Waals surface area contributed by atoms with Crippen LogP contribution in [0.1, 0.15) is 0 Å². The van der Waals surface area contributed by atoms with Crippen molar-refractivity contribution in [3.8, 4) is 0 Å². The van der Waals surface area contributed by atoms with E-state index in [9.17, 15) is 0 Å². The number of hydrogen-bond acceptors (Lipinski definition) is 0. The maximum Gasteiger partial charge on any atom is 3.00 e. The predicted octanol–water partition coefficient (Wildman–Crippen LogP) is -1.08. The molecule has 0 spiro atoms. The van der Waals surface area contributed by atoms with Crippen molar-refractivity contribution in [2.24, 2.45) is 0 Å². The third kappa shape index (κ3) is 483. The molecule has 9 nitrogen and oxygen atoms in total. The first-order valence-corrected chi connectivity index (χ1v) is 0. The summed E-state index contributed by atoms with van der Waals surface area (Å²) >= 11 is 0. The molecule has 0 unspecified atom stereocenters. The fourth-order valence-electron chi connectivity index (χ4n) is 0. The third-order valence-electron chi connectivity index (χ3n) is 0. The molecule has 2 radical (unpaired) electrons. The van der Waals surface area contributed by atoms with E-state index in [-0.39, 0.29) is 126 Å². The minimum absolute atomic E-state index is 0. The van der Waals surface area contributed by atoms with E-state index in [1.165, 1.54) is 0 Å². The van der Waals surface area contributed by atoms with E-state index in [4.69, 9.17) is 0 Å². The fourth-order valence-corrected chi connectivity index (χ4v) is 0. The zero-order valence-electron chi connectivity index (χ0n) is 5.20. The molecule has 0 rings (SSSR count). The van der Waals surface area contributed by atoms with E-state index in [1.54, 1.807) is 0 Å². The van der Waals surface area contributed by atoms with Crippen LogP contribution in [-0.4, -0.2) is 0 Å². The Labute approximate surface area is 125 Å². The Bertz CT molecular complexity index is 15.6. The minimum atomic E-state index is 0. The van der Waals surface area contributed by atoms with Crippen LogP contribution in [0.4, 0.5) is 0 Å². The zero-order valence-corrected chi connectivity index (χ0v) is 13.3. The van der Waals surface area contributed by atoms with Gasteiger partial charge in [-0.15, -0.1) is 0 Å². The first-order valence-electron chi connectivity index (χ1n) is 0. The molecule has 94 valence electrons. The maximum atomic E-state index is 0. The van der Waals surface area contributed by atoms with Crippen molar-refractivity contribution >= 4 is 0 Å². The average Bonchev–Trinajstić information content (AvgIpc) is 0. The van der Waals surface area contributed by atoms with Crippen molar-refractivity contribution < 1.29 is 126 Å². The Morgan fingerprint density at radius 2 is 0.231 bits per heavy atom. The average molecular weight is 623 g/mol. The largest absolute Gasteiger partial charge is 3.00 e. The molecule has 0 N–H and O–H groups in total. The minimum Gasteiger partial charge on any atom is -2.00 e. The van der Waals surface area contributed by atoms with Gasteiger partial charge in [-0.3, -0.25) is 0 Å². The van der Waals surface area contributed by atoms with Gasteiger partial charge in [0.15, 0.2) is 0 Å². The Hall–Kier alpha value is 2.06. The summed E-state index contributed by atoms with van der Waals surface area (Å²) in [5, 5.41) is 0. The van der Waals surface area contributed by atoms with Gasteiger partial charge in [-0.1, -0.05) is 0 Å². The van der Waals surface area contributed by atoms with Crippen molar-refractivity contribution in [1.29, 1.82) is 0 Å². The first-order chi connectivity index (χ1) is 0. The standard InChI is InChI=1S/2Fe.9O.2W/q2*+3;9*-2;;. The van der Waals surface area contributed by atoms with Crippen LogP contribution in [-0.2, 0) is 126 Å². The van der Waals surface area contributed by atoms with Gasteiger partial charge in [0.2, 0.25) is 0 Å². The van der Waals surface area contributed by atoms with E-state index >= 15 is 0 Å². The van der Waals surface area contributed by atoms with E-state index in [0.717, 1.165) is 0 Å². The second-order valence-corrected chi connectivity index (χ2v) is 0. The van der Waals surface area contributed by atoms with Gasteiger partial charge in [-0.2, -0.15) is 0 Å². The monoisotopic (exact) mass is 624 g/mol. The first kappa shape index (κ1) is 704. The summed E-state index contributed by atoms with van der Waals surface area (Å²) in [5.41, 5.74) is 0. The second-order valence-electron chi connectivity index (χ2n) is 0. The van der Waals surface area contributed by atoms with Crippen molar-refractivity contribution in [3.05, 3.63) is 0 Å². The molecule has 0 saturated carbocycles. The van der Waals surface area contributed by atoms with Crippen LogP contribution in [0.15, 0.2) is 0 Å². The van der Waals surface area contributed by atoms with Gasteiger partial charge in [-0.25, -0.2) is 0 Å². The van der Waals surface area contributed by atoms with E-state index in [0.29, 0.717) is 0 Å². The van der Waals surface area contributed by atoms with Crippen LogP contribution in [0.2, 0.25) is 0 Å². The van der Waals surface area contributed by atoms with Crippen LogP contribution < -0.4 is 0 Å². The van der Waals surface area contributed by atoms with Gasteiger partial charge in [0.05, 0.1) is 0 Å². The molecule has 13 heavy (non-hydrogen) atoms. The molecule has 0 fully saturated rings. The van der Waals surface area contributed by atoms with E-state index < -0.39 is 0 Å². The molecule has 0 aliphatic heterocycles. The van der Waals surface area contributed by atoms with Crippen molar-refractivity contribution in [3.63, 3.8) is 0 Å². The summed E-state index contributed by atoms with van der Waals surface area (Å²) in [4.78, 5) is 0. The van der Waals surface area contributed by atoms with E-state index in [2.05, 4.69) is 0 Å². The molecular weight excluding hydrogens is 623 g/mol. The summed E-state index contributed by atoms with van der Waals surface area (Å²) in [6.45, 7) is 0. The normalized spacial score (nSPS) is 0. The van der Waals surface area contributed by atoms with E-state index in [1.807, 2.05) is 0 Å². The molecule has 0 amide bonds. The molecular formula is Fe2O9W2-12. The predicted molar refractivity (Wildman–Crippen MR) is 6.18 cm³/mol. The van der Waals surface area contributed by atoms with Gasteiger partial charge < -0.3 is 49.3 Å². The second kappa shape index (κ2) is 567. The van der Waals surface area contributed by atoms with Crippen molar-refractivity contribution in [1.82, 2.24) is 0 Å². The SMILES string of the molecule is [Fe+3].[Fe+3].[O-2].[O-2].[O-2].[O-2].[O-2].[O-2].[O-2].[O-2].[O-2].[W].[W]. The Morgan fingerprint density at radius 1 is 0.231 bits per heavy atom. The maximum absolute atomic E-state index is 0. The molecule has 0 aromatic carbocycles. The molecule has 0 saturated heterocycles. The van der Waals surface area contributed by atoms with Crippen LogP contribution in [0.25, 0.3) is 0 Å². The Morgan fingerprint density at radius 3 is 0.231 bits per heavy atom. The van der Waals surface area contributed by atoms with Crippen molar-refractivity contribution in [2.45, 2.75) is 0 Å². The van der Waals surface area contributed by atoms with Gasteiger partial charge in [0, 0.05) is 42.1 Å². The Balaban J connectivity index is 0. The molecule has 0 bridgehead atoms. The number of hydrogen-bond donors (Lipinski definition) is 0. The molecule has 0 aliphatic carbocycles. The van der Waals surface area contributed by atoms with Crippen LogP contribution in [0, 0.1) is 0 Å². The molecule has 0 atom stereocenters. The van der Waals surface area contributed by atoms with Gasteiger partial charge >= 0.3 is 34.1 Å². The third-order valence-corrected chi connectivity index (χ3v) is 0. The summed E-state index contributed by atoms with van der Waals surface area (Å²) < 4.78 is 0. The summed E-state index contributed by atoms with van der Waals surface area (Å²) in [6.07, 6.45) is 0. The quantitative estimate of drug-likeness (QED) is 0.292. The summed E-state index contributed by atoms with van der Waals surface area (Å²) in [6, 6.07) is 0. The van der Waals surface area contributed by atoms with Crippen LogP contribution in [0.5, 0.6) is 0 Å². The fraction of sp³-hybridized carbons (Fsp3) is 0. The van der Waals surface area contributed by atoms with Crippen LogP contribution in [0.3, 0.4) is 0 Å². The van der Waals surface area contributed by atoms with Crippen molar-refractivity contribution in [2.75, 3.05) is 0 Å². The summed E-state index contributed by atoms with van der Waals surface area (Å²) in [5.74, 6) is 0. The molecule has 13 heteroatoms. The molecule has 0 aliphatic rings. The summed E-state index contributed by atoms with van der Waals surface area (Å²) in [7, 11) is 0.